The van der Waals surface area contributed by atoms with Crippen LogP contribution in [0, 0.1) is 10.1 Å². The van der Waals surface area contributed by atoms with Crippen molar-refractivity contribution in [2.24, 2.45) is 0 Å². The Morgan fingerprint density at radius 1 is 1.12 bits per heavy atom. The maximum atomic E-state index is 11.2. The van der Waals surface area contributed by atoms with E-state index in [0.29, 0.717) is 30.6 Å². The van der Waals surface area contributed by atoms with E-state index < -0.39 is 4.92 Å². The summed E-state index contributed by atoms with van der Waals surface area (Å²) in [4.78, 5) is 21.5. The molecule has 0 bridgehead atoms. The van der Waals surface area contributed by atoms with E-state index in [1.165, 1.54) is 6.07 Å². The van der Waals surface area contributed by atoms with Gasteiger partial charge < -0.3 is 9.42 Å². The average Bonchev–Trinajstić information content (AvgIpc) is 3.19. The standard InChI is InChI=1S/C18H17N5O3/c24-23(25)15-7-4-10-19-17(15)22-11-8-14(9-12-22)18-20-16(21-26-18)13-5-2-1-3-6-13/h1-7,10,14H,8-9,11-12H2. The van der Waals surface area contributed by atoms with Gasteiger partial charge in [0.05, 0.1) is 4.92 Å². The van der Waals surface area contributed by atoms with Gasteiger partial charge >= 0.3 is 5.69 Å². The molecular weight excluding hydrogens is 334 g/mol. The van der Waals surface area contributed by atoms with E-state index in [2.05, 4.69) is 15.1 Å². The predicted octanol–water partition coefficient (Wildman–Crippen LogP) is 3.42. The molecule has 8 nitrogen and oxygen atoms in total. The lowest BCUT2D eigenvalue weighted by Gasteiger charge is -2.30. The molecule has 1 fully saturated rings. The van der Waals surface area contributed by atoms with Crippen LogP contribution in [0.5, 0.6) is 0 Å². The summed E-state index contributed by atoms with van der Waals surface area (Å²) in [5, 5.41) is 15.3. The summed E-state index contributed by atoms with van der Waals surface area (Å²) in [5.41, 5.74) is 0.958. The number of nitro groups is 1. The first-order valence-corrected chi connectivity index (χ1v) is 8.46. The molecule has 0 spiro atoms. The summed E-state index contributed by atoms with van der Waals surface area (Å²) in [5.74, 6) is 1.79. The highest BCUT2D eigenvalue weighted by Gasteiger charge is 2.29. The third-order valence-corrected chi connectivity index (χ3v) is 4.58. The highest BCUT2D eigenvalue weighted by Crippen LogP contribution is 2.33. The first-order chi connectivity index (χ1) is 12.7. The fraction of sp³-hybridized carbons (Fsp3) is 0.278. The van der Waals surface area contributed by atoms with E-state index in [1.54, 1.807) is 12.3 Å². The van der Waals surface area contributed by atoms with Gasteiger partial charge in [-0.15, -0.1) is 0 Å². The van der Waals surface area contributed by atoms with Crippen molar-refractivity contribution in [2.45, 2.75) is 18.8 Å². The number of rotatable bonds is 4. The third kappa shape index (κ3) is 3.13. The van der Waals surface area contributed by atoms with Crippen LogP contribution < -0.4 is 4.90 Å². The molecule has 0 radical (unpaired) electrons. The van der Waals surface area contributed by atoms with Crippen LogP contribution in [0.2, 0.25) is 0 Å². The molecule has 8 heteroatoms. The van der Waals surface area contributed by atoms with Gasteiger partial charge in [-0.25, -0.2) is 4.98 Å². The first kappa shape index (κ1) is 16.2. The second-order valence-corrected chi connectivity index (χ2v) is 6.19. The molecule has 2 aromatic heterocycles. The topological polar surface area (TPSA) is 98.2 Å². The van der Waals surface area contributed by atoms with Crippen molar-refractivity contribution in [1.82, 2.24) is 15.1 Å². The quantitative estimate of drug-likeness (QED) is 0.524. The third-order valence-electron chi connectivity index (χ3n) is 4.58. The van der Waals surface area contributed by atoms with Gasteiger partial charge in [-0.05, 0) is 18.9 Å². The number of pyridine rings is 1. The van der Waals surface area contributed by atoms with Gasteiger partial charge in [0.2, 0.25) is 17.5 Å². The largest absolute Gasteiger partial charge is 0.351 e. The van der Waals surface area contributed by atoms with Crippen molar-refractivity contribution < 1.29 is 9.45 Å². The Kier molecular flexibility index (Phi) is 4.30. The molecule has 1 aliphatic rings. The lowest BCUT2D eigenvalue weighted by molar-refractivity contribution is -0.384. The molecule has 0 aliphatic carbocycles. The Balaban J connectivity index is 1.46. The number of hydrogen-bond donors (Lipinski definition) is 0. The van der Waals surface area contributed by atoms with Gasteiger partial charge in [-0.2, -0.15) is 4.98 Å². The molecule has 0 N–H and O–H groups in total. The van der Waals surface area contributed by atoms with E-state index in [-0.39, 0.29) is 11.6 Å². The first-order valence-electron chi connectivity index (χ1n) is 8.46. The molecule has 1 aliphatic heterocycles. The van der Waals surface area contributed by atoms with Crippen LogP contribution in [0.1, 0.15) is 24.7 Å². The van der Waals surface area contributed by atoms with Crippen LogP contribution in [-0.4, -0.2) is 33.1 Å². The highest BCUT2D eigenvalue weighted by atomic mass is 16.6. The molecule has 26 heavy (non-hydrogen) atoms. The Morgan fingerprint density at radius 3 is 2.62 bits per heavy atom. The maximum Gasteiger partial charge on any atom is 0.311 e. The number of benzene rings is 1. The van der Waals surface area contributed by atoms with Crippen molar-refractivity contribution >= 4 is 11.5 Å². The Morgan fingerprint density at radius 2 is 1.88 bits per heavy atom. The fourth-order valence-corrected chi connectivity index (χ4v) is 3.22. The molecule has 132 valence electrons. The summed E-state index contributed by atoms with van der Waals surface area (Å²) in [6.07, 6.45) is 3.15. The van der Waals surface area contributed by atoms with E-state index in [9.17, 15) is 10.1 Å². The number of nitrogens with zero attached hydrogens (tertiary/aromatic N) is 5. The minimum Gasteiger partial charge on any atom is -0.351 e. The lowest BCUT2D eigenvalue weighted by atomic mass is 9.96. The van der Waals surface area contributed by atoms with E-state index in [0.717, 1.165) is 18.4 Å². The molecule has 0 atom stereocenters. The zero-order valence-corrected chi connectivity index (χ0v) is 14.0. The lowest BCUT2D eigenvalue weighted by Crippen LogP contribution is -2.34. The Hall–Kier alpha value is -3.29. The second-order valence-electron chi connectivity index (χ2n) is 6.19. The SMILES string of the molecule is O=[N+]([O-])c1cccnc1N1CCC(c2nc(-c3ccccc3)no2)CC1. The molecule has 3 aromatic rings. The summed E-state index contributed by atoms with van der Waals surface area (Å²) >= 11 is 0. The highest BCUT2D eigenvalue weighted by molar-refractivity contribution is 5.57. The van der Waals surface area contributed by atoms with Crippen molar-refractivity contribution in [3.63, 3.8) is 0 Å². The minimum absolute atomic E-state index is 0.0371. The van der Waals surface area contributed by atoms with Gasteiger partial charge in [0.25, 0.3) is 0 Å². The second kappa shape index (κ2) is 6.91. The van der Waals surface area contributed by atoms with Gasteiger partial charge in [-0.1, -0.05) is 35.5 Å². The van der Waals surface area contributed by atoms with Crippen LogP contribution in [-0.2, 0) is 0 Å². The number of anilines is 1. The van der Waals surface area contributed by atoms with Gasteiger partial charge in [0, 0.05) is 36.8 Å². The van der Waals surface area contributed by atoms with Crippen LogP contribution in [0.15, 0.2) is 53.2 Å². The normalized spacial score (nSPS) is 15.2. The zero-order valence-electron chi connectivity index (χ0n) is 14.0. The van der Waals surface area contributed by atoms with Gasteiger partial charge in [0.15, 0.2) is 0 Å². The molecule has 0 saturated carbocycles. The van der Waals surface area contributed by atoms with Crippen LogP contribution in [0.4, 0.5) is 11.5 Å². The Bertz CT molecular complexity index is 904. The molecule has 1 aromatic carbocycles. The van der Waals surface area contributed by atoms with Crippen LogP contribution in [0.25, 0.3) is 11.4 Å². The number of piperidine rings is 1. The molecule has 3 heterocycles. The van der Waals surface area contributed by atoms with E-state index in [4.69, 9.17) is 4.52 Å². The molecule has 0 amide bonds. The van der Waals surface area contributed by atoms with Crippen molar-refractivity contribution in [1.29, 1.82) is 0 Å². The summed E-state index contributed by atoms with van der Waals surface area (Å²) in [7, 11) is 0. The van der Waals surface area contributed by atoms with Crippen molar-refractivity contribution in [3.05, 3.63) is 64.7 Å². The zero-order chi connectivity index (χ0) is 17.9. The van der Waals surface area contributed by atoms with Crippen LogP contribution >= 0.6 is 0 Å². The van der Waals surface area contributed by atoms with E-state index in [1.807, 2.05) is 35.2 Å². The maximum absolute atomic E-state index is 11.2. The van der Waals surface area contributed by atoms with Crippen molar-refractivity contribution in [2.75, 3.05) is 18.0 Å². The minimum atomic E-state index is -0.390. The average molecular weight is 351 g/mol. The van der Waals surface area contributed by atoms with E-state index >= 15 is 0 Å². The molecule has 4 rings (SSSR count). The molecule has 1 saturated heterocycles. The van der Waals surface area contributed by atoms with Crippen molar-refractivity contribution in [3.8, 4) is 11.4 Å². The Labute approximate surface area is 149 Å². The smallest absolute Gasteiger partial charge is 0.311 e. The van der Waals surface area contributed by atoms with Gasteiger partial charge in [-0.3, -0.25) is 10.1 Å². The number of hydrogen-bond acceptors (Lipinski definition) is 7. The van der Waals surface area contributed by atoms with Gasteiger partial charge in [0.1, 0.15) is 0 Å². The summed E-state index contributed by atoms with van der Waals surface area (Å²) in [6, 6.07) is 12.8. The molecule has 0 unspecified atom stereocenters. The fourth-order valence-electron chi connectivity index (χ4n) is 3.22. The number of aromatic nitrogens is 3. The molecular formula is C18H17N5O3. The summed E-state index contributed by atoms with van der Waals surface area (Å²) in [6.45, 7) is 1.32. The predicted molar refractivity (Wildman–Crippen MR) is 94.8 cm³/mol. The summed E-state index contributed by atoms with van der Waals surface area (Å²) < 4.78 is 5.46. The van der Waals surface area contributed by atoms with Crippen LogP contribution in [0.3, 0.4) is 0 Å². The monoisotopic (exact) mass is 351 g/mol.